The summed E-state index contributed by atoms with van der Waals surface area (Å²) in [6.45, 7) is 0. The van der Waals surface area contributed by atoms with E-state index in [1.54, 1.807) is 24.3 Å². The Hall–Kier alpha value is -1.86. The van der Waals surface area contributed by atoms with Crippen LogP contribution in [0.25, 0.3) is 0 Å². The number of hydrogen-bond acceptors (Lipinski definition) is 3. The van der Waals surface area contributed by atoms with Crippen LogP contribution in [0.1, 0.15) is 10.4 Å². The van der Waals surface area contributed by atoms with Crippen molar-refractivity contribution < 1.29 is 13.2 Å². The number of anilines is 1. The molecule has 0 aliphatic heterocycles. The maximum absolute atomic E-state index is 12.2. The van der Waals surface area contributed by atoms with E-state index in [0.717, 1.165) is 4.47 Å². The van der Waals surface area contributed by atoms with Crippen LogP contribution in [0.3, 0.4) is 0 Å². The Morgan fingerprint density at radius 2 is 1.75 bits per heavy atom. The molecule has 1 amide bonds. The summed E-state index contributed by atoms with van der Waals surface area (Å²) in [5.41, 5.74) is 5.80. The lowest BCUT2D eigenvalue weighted by Crippen LogP contribution is -2.14. The maximum Gasteiger partial charge on any atom is 0.261 e. The summed E-state index contributed by atoms with van der Waals surface area (Å²) in [6.07, 6.45) is 0. The van der Waals surface area contributed by atoms with Crippen molar-refractivity contribution in [1.82, 2.24) is 0 Å². The molecule has 0 saturated carbocycles. The Morgan fingerprint density at radius 1 is 1.10 bits per heavy atom. The highest BCUT2D eigenvalue weighted by Crippen LogP contribution is 2.20. The molecule has 0 aromatic heterocycles. The molecule has 7 heteroatoms. The van der Waals surface area contributed by atoms with Crippen LogP contribution in [0.2, 0.25) is 0 Å². The van der Waals surface area contributed by atoms with Gasteiger partial charge in [-0.1, -0.05) is 22.0 Å². The molecule has 2 rings (SSSR count). The van der Waals surface area contributed by atoms with Gasteiger partial charge in [-0.05, 0) is 42.5 Å². The van der Waals surface area contributed by atoms with Gasteiger partial charge in [-0.3, -0.25) is 9.52 Å². The zero-order valence-electron chi connectivity index (χ0n) is 10.2. The lowest BCUT2D eigenvalue weighted by Gasteiger charge is -2.08. The summed E-state index contributed by atoms with van der Waals surface area (Å²) < 4.78 is 27.5. The highest BCUT2D eigenvalue weighted by molar-refractivity contribution is 9.10. The first-order valence-corrected chi connectivity index (χ1v) is 7.84. The number of carbonyl (C=O) groups is 1. The Kier molecular flexibility index (Phi) is 4.10. The quantitative estimate of drug-likeness (QED) is 0.882. The largest absolute Gasteiger partial charge is 0.366 e. The van der Waals surface area contributed by atoms with E-state index in [2.05, 4.69) is 20.7 Å². The van der Waals surface area contributed by atoms with Gasteiger partial charge in [-0.15, -0.1) is 0 Å². The van der Waals surface area contributed by atoms with E-state index in [9.17, 15) is 13.2 Å². The van der Waals surface area contributed by atoms with Gasteiger partial charge in [0.25, 0.3) is 10.0 Å². The minimum Gasteiger partial charge on any atom is -0.366 e. The fourth-order valence-electron chi connectivity index (χ4n) is 1.56. The molecule has 2 aromatic carbocycles. The Labute approximate surface area is 125 Å². The van der Waals surface area contributed by atoms with Gasteiger partial charge in [0.15, 0.2) is 0 Å². The molecule has 0 bridgehead atoms. The number of sulfonamides is 1. The molecule has 0 spiro atoms. The second-order valence-corrected chi connectivity index (χ2v) is 6.60. The Morgan fingerprint density at radius 3 is 2.30 bits per heavy atom. The second kappa shape index (κ2) is 5.64. The predicted octanol–water partition coefficient (Wildman–Crippen LogP) is 2.35. The van der Waals surface area contributed by atoms with E-state index in [0.29, 0.717) is 5.69 Å². The first-order valence-electron chi connectivity index (χ1n) is 5.57. The fraction of sp³-hybridized carbons (Fsp3) is 0. The summed E-state index contributed by atoms with van der Waals surface area (Å²) in [5, 5.41) is 0. The molecule has 0 fully saturated rings. The number of nitrogens with two attached hydrogens (primary N) is 1. The first-order chi connectivity index (χ1) is 9.38. The van der Waals surface area contributed by atoms with E-state index >= 15 is 0 Å². The van der Waals surface area contributed by atoms with Crippen LogP contribution < -0.4 is 10.5 Å². The molecule has 0 aliphatic rings. The third-order valence-corrected chi connectivity index (χ3v) is 4.42. The highest BCUT2D eigenvalue weighted by atomic mass is 79.9. The Bertz CT molecular complexity index is 742. The van der Waals surface area contributed by atoms with Crippen molar-refractivity contribution in [2.75, 3.05) is 4.72 Å². The zero-order chi connectivity index (χ0) is 14.8. The van der Waals surface area contributed by atoms with Crippen LogP contribution in [0.15, 0.2) is 57.9 Å². The molecule has 20 heavy (non-hydrogen) atoms. The van der Waals surface area contributed by atoms with Crippen molar-refractivity contribution in [1.29, 1.82) is 0 Å². The van der Waals surface area contributed by atoms with Crippen LogP contribution in [0.5, 0.6) is 0 Å². The molecule has 0 saturated heterocycles. The van der Waals surface area contributed by atoms with Gasteiger partial charge >= 0.3 is 0 Å². The normalized spacial score (nSPS) is 11.1. The molecule has 104 valence electrons. The second-order valence-electron chi connectivity index (χ2n) is 4.00. The van der Waals surface area contributed by atoms with Gasteiger partial charge in [-0.2, -0.15) is 0 Å². The average Bonchev–Trinajstić information content (AvgIpc) is 2.38. The number of rotatable bonds is 4. The van der Waals surface area contributed by atoms with Gasteiger partial charge in [0.2, 0.25) is 5.91 Å². The summed E-state index contributed by atoms with van der Waals surface area (Å²) in [4.78, 5) is 11.0. The zero-order valence-corrected chi connectivity index (χ0v) is 12.6. The summed E-state index contributed by atoms with van der Waals surface area (Å²) >= 11 is 3.27. The standard InChI is InChI=1S/C13H11BrN2O3S/c14-10-2-1-3-11(8-10)16-20(18,19)12-6-4-9(5-7-12)13(15)17/h1-8,16H,(H2,15,17). The van der Waals surface area contributed by atoms with Crippen molar-refractivity contribution in [2.24, 2.45) is 5.73 Å². The lowest BCUT2D eigenvalue weighted by molar-refractivity contribution is 0.1000. The summed E-state index contributed by atoms with van der Waals surface area (Å²) in [7, 11) is -3.70. The molecule has 0 heterocycles. The van der Waals surface area contributed by atoms with E-state index < -0.39 is 15.9 Å². The molecule has 5 nitrogen and oxygen atoms in total. The number of carbonyl (C=O) groups excluding carboxylic acids is 1. The molecular weight excluding hydrogens is 344 g/mol. The van der Waals surface area contributed by atoms with E-state index in [1.807, 2.05) is 0 Å². The fourth-order valence-corrected chi connectivity index (χ4v) is 3.01. The number of amides is 1. The molecule has 0 atom stereocenters. The molecule has 0 radical (unpaired) electrons. The van der Waals surface area contributed by atoms with Crippen molar-refractivity contribution >= 4 is 37.5 Å². The average molecular weight is 355 g/mol. The number of hydrogen-bond donors (Lipinski definition) is 2. The molecule has 3 N–H and O–H groups in total. The van der Waals surface area contributed by atoms with Crippen LogP contribution in [0.4, 0.5) is 5.69 Å². The van der Waals surface area contributed by atoms with Gasteiger partial charge < -0.3 is 5.73 Å². The topological polar surface area (TPSA) is 89.3 Å². The Balaban J connectivity index is 2.28. The predicted molar refractivity (Wildman–Crippen MR) is 79.9 cm³/mol. The number of halogens is 1. The summed E-state index contributed by atoms with van der Waals surface area (Å²) in [5.74, 6) is -0.603. The van der Waals surface area contributed by atoms with Crippen molar-refractivity contribution in [3.63, 3.8) is 0 Å². The number of nitrogens with one attached hydrogen (secondary N) is 1. The molecule has 0 aliphatic carbocycles. The van der Waals surface area contributed by atoms with Crippen molar-refractivity contribution in [3.05, 3.63) is 58.6 Å². The van der Waals surface area contributed by atoms with Gasteiger partial charge in [0.05, 0.1) is 4.90 Å². The SMILES string of the molecule is NC(=O)c1ccc(S(=O)(=O)Nc2cccc(Br)c2)cc1. The van der Waals surface area contributed by atoms with Crippen molar-refractivity contribution in [3.8, 4) is 0 Å². The first kappa shape index (κ1) is 14.5. The monoisotopic (exact) mass is 354 g/mol. The van der Waals surface area contributed by atoms with Crippen LogP contribution in [-0.2, 0) is 10.0 Å². The third-order valence-electron chi connectivity index (χ3n) is 2.53. The van der Waals surface area contributed by atoms with Gasteiger partial charge in [0, 0.05) is 15.7 Å². The number of primary amides is 1. The van der Waals surface area contributed by atoms with E-state index in [4.69, 9.17) is 5.73 Å². The minimum atomic E-state index is -3.70. The summed E-state index contributed by atoms with van der Waals surface area (Å²) in [6, 6.07) is 12.2. The van der Waals surface area contributed by atoms with E-state index in [-0.39, 0.29) is 10.5 Å². The van der Waals surface area contributed by atoms with Crippen molar-refractivity contribution in [2.45, 2.75) is 4.90 Å². The minimum absolute atomic E-state index is 0.0578. The van der Waals surface area contributed by atoms with Crippen LogP contribution in [-0.4, -0.2) is 14.3 Å². The maximum atomic E-state index is 12.2. The lowest BCUT2D eigenvalue weighted by atomic mass is 10.2. The van der Waals surface area contributed by atoms with Gasteiger partial charge in [-0.25, -0.2) is 8.42 Å². The van der Waals surface area contributed by atoms with E-state index in [1.165, 1.54) is 24.3 Å². The molecule has 0 unspecified atom stereocenters. The third kappa shape index (κ3) is 3.37. The van der Waals surface area contributed by atoms with Crippen LogP contribution in [0, 0.1) is 0 Å². The van der Waals surface area contributed by atoms with Gasteiger partial charge in [0.1, 0.15) is 0 Å². The smallest absolute Gasteiger partial charge is 0.261 e. The highest BCUT2D eigenvalue weighted by Gasteiger charge is 2.14. The van der Waals surface area contributed by atoms with Crippen LogP contribution >= 0.6 is 15.9 Å². The number of benzene rings is 2. The molecule has 2 aromatic rings. The molecular formula is C13H11BrN2O3S.